The monoisotopic (exact) mass is 305 g/mol. The first-order valence-electron chi connectivity index (χ1n) is 6.90. The van der Waals surface area contributed by atoms with Gasteiger partial charge in [0.25, 0.3) is 0 Å². The van der Waals surface area contributed by atoms with Gasteiger partial charge < -0.3 is 14.8 Å². The van der Waals surface area contributed by atoms with E-state index in [1.165, 1.54) is 6.07 Å². The highest BCUT2D eigenvalue weighted by Crippen LogP contribution is 2.20. The zero-order valence-electron chi connectivity index (χ0n) is 12.7. The van der Waals surface area contributed by atoms with Crippen LogP contribution in [0.1, 0.15) is 29.8 Å². The lowest BCUT2D eigenvalue weighted by atomic mass is 10.1. The van der Waals surface area contributed by atoms with E-state index in [2.05, 4.69) is 11.9 Å². The average Bonchev–Trinajstić information content (AvgIpc) is 2.49. The molecule has 22 heavy (non-hydrogen) atoms. The molecule has 0 spiro atoms. The second-order valence-electron chi connectivity index (χ2n) is 4.28. The number of benzene rings is 1. The Balaban J connectivity index is 3.07. The molecule has 0 aliphatic rings. The van der Waals surface area contributed by atoms with E-state index in [1.54, 1.807) is 26.0 Å². The zero-order chi connectivity index (χ0) is 16.5. The molecule has 1 N–H and O–H groups in total. The Morgan fingerprint density at radius 1 is 1.18 bits per heavy atom. The fourth-order valence-electron chi connectivity index (χ4n) is 1.75. The number of nitrogens with one attached hydrogen (secondary N) is 1. The van der Waals surface area contributed by atoms with E-state index in [9.17, 15) is 14.4 Å². The molecular formula is C16H19NO5. The minimum absolute atomic E-state index is 0.0376. The van der Waals surface area contributed by atoms with Crippen molar-refractivity contribution in [2.24, 2.45) is 0 Å². The standard InChI is InChI=1S/C16H19NO5/c1-4-14(18)17-13-8-7-11(10-15(19)21-5-2)9-12(13)16(20)22-6-3/h4,7-9H,1,5-6,10H2,2-3H3,(H,17,18). The highest BCUT2D eigenvalue weighted by Gasteiger charge is 2.16. The minimum Gasteiger partial charge on any atom is -0.466 e. The highest BCUT2D eigenvalue weighted by molar-refractivity contribution is 6.04. The lowest BCUT2D eigenvalue weighted by Gasteiger charge is -2.11. The number of rotatable bonds is 7. The Morgan fingerprint density at radius 3 is 2.45 bits per heavy atom. The van der Waals surface area contributed by atoms with Crippen LogP contribution in [0.2, 0.25) is 0 Å². The van der Waals surface area contributed by atoms with Crippen molar-refractivity contribution in [2.75, 3.05) is 18.5 Å². The Hall–Kier alpha value is -2.63. The third-order valence-electron chi connectivity index (χ3n) is 2.68. The normalized spacial score (nSPS) is 9.73. The second-order valence-corrected chi connectivity index (χ2v) is 4.28. The number of esters is 2. The van der Waals surface area contributed by atoms with Crippen LogP contribution in [0.3, 0.4) is 0 Å². The summed E-state index contributed by atoms with van der Waals surface area (Å²) in [4.78, 5) is 34.9. The smallest absolute Gasteiger partial charge is 0.340 e. The van der Waals surface area contributed by atoms with Crippen molar-refractivity contribution in [3.63, 3.8) is 0 Å². The van der Waals surface area contributed by atoms with Crippen molar-refractivity contribution >= 4 is 23.5 Å². The topological polar surface area (TPSA) is 81.7 Å². The van der Waals surface area contributed by atoms with Gasteiger partial charge in [0.05, 0.1) is 30.9 Å². The summed E-state index contributed by atoms with van der Waals surface area (Å²) < 4.78 is 9.83. The van der Waals surface area contributed by atoms with Crippen molar-refractivity contribution in [1.82, 2.24) is 0 Å². The largest absolute Gasteiger partial charge is 0.466 e. The third kappa shape index (κ3) is 5.05. The van der Waals surface area contributed by atoms with E-state index < -0.39 is 11.9 Å². The van der Waals surface area contributed by atoms with Gasteiger partial charge in [-0.05, 0) is 37.6 Å². The molecule has 0 aromatic heterocycles. The maximum atomic E-state index is 12.0. The van der Waals surface area contributed by atoms with Crippen molar-refractivity contribution in [1.29, 1.82) is 0 Å². The van der Waals surface area contributed by atoms with Crippen molar-refractivity contribution in [3.8, 4) is 0 Å². The summed E-state index contributed by atoms with van der Waals surface area (Å²) in [6.07, 6.45) is 1.14. The number of amides is 1. The van der Waals surface area contributed by atoms with Crippen LogP contribution in [0.4, 0.5) is 5.69 Å². The van der Waals surface area contributed by atoms with Gasteiger partial charge in [-0.15, -0.1) is 0 Å². The fraction of sp³-hybridized carbons (Fsp3) is 0.312. The quantitative estimate of drug-likeness (QED) is 0.616. The summed E-state index contributed by atoms with van der Waals surface area (Å²) >= 11 is 0. The Bertz CT molecular complexity index is 580. The SMILES string of the molecule is C=CC(=O)Nc1ccc(CC(=O)OCC)cc1C(=O)OCC. The molecule has 0 saturated carbocycles. The van der Waals surface area contributed by atoms with Crippen LogP contribution in [0, 0.1) is 0 Å². The first-order chi connectivity index (χ1) is 10.5. The van der Waals surface area contributed by atoms with Gasteiger partial charge in [0.15, 0.2) is 0 Å². The molecule has 0 heterocycles. The van der Waals surface area contributed by atoms with Crippen LogP contribution in [-0.2, 0) is 25.5 Å². The average molecular weight is 305 g/mol. The summed E-state index contributed by atoms with van der Waals surface area (Å²) in [6.45, 7) is 7.25. The first-order valence-corrected chi connectivity index (χ1v) is 6.90. The van der Waals surface area contributed by atoms with E-state index in [-0.39, 0.29) is 31.2 Å². The highest BCUT2D eigenvalue weighted by atomic mass is 16.5. The molecule has 0 radical (unpaired) electrons. The Labute approximate surface area is 129 Å². The molecule has 1 aromatic rings. The van der Waals surface area contributed by atoms with Crippen LogP contribution in [-0.4, -0.2) is 31.1 Å². The van der Waals surface area contributed by atoms with Crippen LogP contribution in [0.25, 0.3) is 0 Å². The minimum atomic E-state index is -0.576. The van der Waals surface area contributed by atoms with Gasteiger partial charge in [-0.2, -0.15) is 0 Å². The summed E-state index contributed by atoms with van der Waals surface area (Å²) in [5.41, 5.74) is 1.08. The molecule has 0 aliphatic heterocycles. The predicted molar refractivity (Wildman–Crippen MR) is 81.6 cm³/mol. The molecule has 1 amide bonds. The number of anilines is 1. The molecule has 6 nitrogen and oxygen atoms in total. The molecule has 1 aromatic carbocycles. The summed E-state index contributed by atoms with van der Waals surface area (Å²) in [6, 6.07) is 4.69. The lowest BCUT2D eigenvalue weighted by Crippen LogP contribution is -2.15. The second kappa shape index (κ2) is 8.61. The van der Waals surface area contributed by atoms with E-state index in [0.717, 1.165) is 6.08 Å². The van der Waals surface area contributed by atoms with Crippen LogP contribution >= 0.6 is 0 Å². The number of carbonyl (C=O) groups is 3. The molecule has 118 valence electrons. The maximum Gasteiger partial charge on any atom is 0.340 e. The van der Waals surface area contributed by atoms with Crippen LogP contribution in [0.15, 0.2) is 30.9 Å². The molecule has 0 bridgehead atoms. The first kappa shape index (κ1) is 17.4. The molecule has 0 atom stereocenters. The molecule has 0 unspecified atom stereocenters. The van der Waals surface area contributed by atoms with Crippen molar-refractivity contribution in [3.05, 3.63) is 42.0 Å². The molecule has 0 fully saturated rings. The molecule has 1 rings (SSSR count). The van der Waals surface area contributed by atoms with Gasteiger partial charge in [0, 0.05) is 0 Å². The lowest BCUT2D eigenvalue weighted by molar-refractivity contribution is -0.142. The van der Waals surface area contributed by atoms with Crippen LogP contribution in [0.5, 0.6) is 0 Å². The van der Waals surface area contributed by atoms with Gasteiger partial charge in [-0.3, -0.25) is 9.59 Å². The Morgan fingerprint density at radius 2 is 1.86 bits per heavy atom. The van der Waals surface area contributed by atoms with E-state index in [1.807, 2.05) is 0 Å². The summed E-state index contributed by atoms with van der Waals surface area (Å²) in [5.74, 6) is -1.41. The Kier molecular flexibility index (Phi) is 6.82. The molecule has 0 aliphatic carbocycles. The van der Waals surface area contributed by atoms with Crippen molar-refractivity contribution in [2.45, 2.75) is 20.3 Å². The number of hydrogen-bond acceptors (Lipinski definition) is 5. The molecule has 6 heteroatoms. The van der Waals surface area contributed by atoms with E-state index >= 15 is 0 Å². The predicted octanol–water partition coefficient (Wildman–Crippen LogP) is 2.09. The van der Waals surface area contributed by atoms with Crippen molar-refractivity contribution < 1.29 is 23.9 Å². The van der Waals surface area contributed by atoms with Gasteiger partial charge >= 0.3 is 11.9 Å². The van der Waals surface area contributed by atoms with Gasteiger partial charge in [-0.25, -0.2) is 4.79 Å². The van der Waals surface area contributed by atoms with Gasteiger partial charge in [-0.1, -0.05) is 12.6 Å². The van der Waals surface area contributed by atoms with E-state index in [0.29, 0.717) is 11.3 Å². The molecular weight excluding hydrogens is 286 g/mol. The summed E-state index contributed by atoms with van der Waals surface area (Å²) in [7, 11) is 0. The number of ether oxygens (including phenoxy) is 2. The van der Waals surface area contributed by atoms with Gasteiger partial charge in [0.2, 0.25) is 5.91 Å². The maximum absolute atomic E-state index is 12.0. The number of hydrogen-bond donors (Lipinski definition) is 1. The summed E-state index contributed by atoms with van der Waals surface area (Å²) in [5, 5.41) is 2.53. The number of carbonyl (C=O) groups excluding carboxylic acids is 3. The fourth-order valence-corrected chi connectivity index (χ4v) is 1.75. The van der Waals surface area contributed by atoms with Gasteiger partial charge in [0.1, 0.15) is 0 Å². The van der Waals surface area contributed by atoms with Crippen LogP contribution < -0.4 is 5.32 Å². The van der Waals surface area contributed by atoms with E-state index in [4.69, 9.17) is 9.47 Å². The third-order valence-corrected chi connectivity index (χ3v) is 2.68. The zero-order valence-corrected chi connectivity index (χ0v) is 12.7. The molecule has 0 saturated heterocycles.